The van der Waals surface area contributed by atoms with Gasteiger partial charge in [-0.3, -0.25) is 14.3 Å². The molecule has 100 valence electrons. The van der Waals surface area contributed by atoms with E-state index in [1.165, 1.54) is 0 Å². The first-order valence-electron chi connectivity index (χ1n) is 5.08. The molecule has 1 fully saturated rings. The Bertz CT molecular complexity index is 548. The molecule has 1 aromatic heterocycles. The molecule has 18 heavy (non-hydrogen) atoms. The van der Waals surface area contributed by atoms with Crippen molar-refractivity contribution < 1.29 is 25.2 Å². The molecule has 1 saturated heterocycles. The van der Waals surface area contributed by atoms with Gasteiger partial charge in [-0.05, 0) is 0 Å². The molecule has 0 spiro atoms. The van der Waals surface area contributed by atoms with Gasteiger partial charge in [0.15, 0.2) is 12.3 Å². The zero-order valence-corrected chi connectivity index (χ0v) is 9.05. The van der Waals surface area contributed by atoms with Crippen molar-refractivity contribution in [3.05, 3.63) is 33.1 Å². The van der Waals surface area contributed by atoms with Crippen LogP contribution in [0.2, 0.25) is 0 Å². The Balaban J connectivity index is 2.41. The quantitative estimate of drug-likeness (QED) is 0.346. The predicted molar refractivity (Wildman–Crippen MR) is 55.5 cm³/mol. The van der Waals surface area contributed by atoms with Gasteiger partial charge in [-0.2, -0.15) is 0 Å². The van der Waals surface area contributed by atoms with E-state index < -0.39 is 42.1 Å². The molecule has 1 aliphatic heterocycles. The van der Waals surface area contributed by atoms with Gasteiger partial charge in [0.2, 0.25) is 5.79 Å². The molecule has 0 aliphatic carbocycles. The lowest BCUT2D eigenvalue weighted by Gasteiger charge is -2.23. The number of rotatable bonds is 2. The number of nitrogens with zero attached hydrogens (tertiary/aromatic N) is 1. The summed E-state index contributed by atoms with van der Waals surface area (Å²) in [5.41, 5.74) is -1.51. The van der Waals surface area contributed by atoms with Gasteiger partial charge in [0, 0.05) is 12.3 Å². The van der Waals surface area contributed by atoms with Gasteiger partial charge in [0.1, 0.15) is 6.10 Å². The minimum Gasteiger partial charge on any atom is -0.393 e. The first-order chi connectivity index (χ1) is 8.37. The van der Waals surface area contributed by atoms with E-state index in [0.29, 0.717) is 0 Å². The van der Waals surface area contributed by atoms with Crippen LogP contribution in [0.3, 0.4) is 0 Å². The van der Waals surface area contributed by atoms with Crippen LogP contribution in [0.4, 0.5) is 0 Å². The van der Waals surface area contributed by atoms with Crippen molar-refractivity contribution in [1.82, 2.24) is 9.55 Å². The Morgan fingerprint density at radius 1 is 1.44 bits per heavy atom. The Kier molecular flexibility index (Phi) is 3.09. The number of aromatic nitrogens is 2. The van der Waals surface area contributed by atoms with Crippen LogP contribution in [0.25, 0.3) is 0 Å². The molecule has 9 nitrogen and oxygen atoms in total. The molecule has 3 atom stereocenters. The molecule has 0 amide bonds. The highest BCUT2D eigenvalue weighted by molar-refractivity contribution is 4.96. The second-order valence-corrected chi connectivity index (χ2v) is 3.94. The minimum absolute atomic E-state index is 0.637. The fraction of sp³-hybridized carbons (Fsp3) is 0.556. The second kappa shape index (κ2) is 4.30. The summed E-state index contributed by atoms with van der Waals surface area (Å²) in [6.45, 7) is -0.751. The molecule has 2 rings (SSSR count). The molecule has 0 saturated carbocycles. The first-order valence-corrected chi connectivity index (χ1v) is 5.08. The van der Waals surface area contributed by atoms with Gasteiger partial charge < -0.3 is 25.2 Å². The van der Waals surface area contributed by atoms with Crippen LogP contribution in [-0.2, 0) is 4.74 Å². The smallest absolute Gasteiger partial charge is 0.330 e. The Labute approximate surface area is 99.5 Å². The summed E-state index contributed by atoms with van der Waals surface area (Å²) in [5, 5.41) is 37.6. The van der Waals surface area contributed by atoms with Crippen molar-refractivity contribution in [1.29, 1.82) is 0 Å². The van der Waals surface area contributed by atoms with Crippen molar-refractivity contribution in [2.75, 3.05) is 6.61 Å². The number of H-pyrrole nitrogens is 1. The first kappa shape index (κ1) is 12.9. The largest absolute Gasteiger partial charge is 0.393 e. The van der Waals surface area contributed by atoms with Crippen LogP contribution >= 0.6 is 0 Å². The topological polar surface area (TPSA) is 145 Å². The molecule has 0 aromatic carbocycles. The standard InChI is InChI=1S/C9H12N2O7/c12-3-4-9(16,17)6(14)7(18-4)11-2-1-5(13)10-8(11)15/h1-2,4,6-7,12,14,16-17H,3H2,(H,10,13,15)/t4-,6+,7-/m1/s1. The maximum atomic E-state index is 11.5. The number of nitrogens with one attached hydrogen (secondary N) is 1. The third kappa shape index (κ3) is 1.87. The average molecular weight is 260 g/mol. The summed E-state index contributed by atoms with van der Waals surface area (Å²) in [5.74, 6) is -2.69. The summed E-state index contributed by atoms with van der Waals surface area (Å²) in [4.78, 5) is 24.3. The van der Waals surface area contributed by atoms with Crippen LogP contribution < -0.4 is 11.2 Å². The van der Waals surface area contributed by atoms with Crippen molar-refractivity contribution in [2.24, 2.45) is 0 Å². The van der Waals surface area contributed by atoms with Gasteiger partial charge in [-0.1, -0.05) is 0 Å². The number of hydrogen-bond donors (Lipinski definition) is 5. The summed E-state index contributed by atoms with van der Waals surface area (Å²) < 4.78 is 5.78. The molecule has 1 aliphatic rings. The molecule has 0 bridgehead atoms. The molecule has 0 unspecified atom stereocenters. The molecular weight excluding hydrogens is 248 g/mol. The molecular formula is C9H12N2O7. The molecule has 2 heterocycles. The van der Waals surface area contributed by atoms with Crippen molar-refractivity contribution in [3.63, 3.8) is 0 Å². The fourth-order valence-electron chi connectivity index (χ4n) is 1.77. The van der Waals surface area contributed by atoms with Crippen molar-refractivity contribution in [3.8, 4) is 0 Å². The molecule has 9 heteroatoms. The van der Waals surface area contributed by atoms with E-state index in [9.17, 15) is 24.9 Å². The van der Waals surface area contributed by atoms with E-state index in [0.717, 1.165) is 16.8 Å². The molecule has 1 aromatic rings. The summed E-state index contributed by atoms with van der Waals surface area (Å²) in [7, 11) is 0. The second-order valence-electron chi connectivity index (χ2n) is 3.94. The number of hydrogen-bond acceptors (Lipinski definition) is 7. The third-order valence-electron chi connectivity index (χ3n) is 2.77. The summed E-state index contributed by atoms with van der Waals surface area (Å²) in [6.07, 6.45) is -3.68. The van der Waals surface area contributed by atoms with Crippen molar-refractivity contribution in [2.45, 2.75) is 24.2 Å². The number of aromatic amines is 1. The van der Waals surface area contributed by atoms with E-state index in [1.807, 2.05) is 4.98 Å². The lowest BCUT2D eigenvalue weighted by molar-refractivity contribution is -0.235. The van der Waals surface area contributed by atoms with Gasteiger partial charge in [0.25, 0.3) is 5.56 Å². The lowest BCUT2D eigenvalue weighted by Crippen LogP contribution is -2.49. The zero-order valence-electron chi connectivity index (χ0n) is 9.05. The average Bonchev–Trinajstić information content (AvgIpc) is 2.52. The van der Waals surface area contributed by atoms with Crippen LogP contribution in [0.5, 0.6) is 0 Å². The maximum Gasteiger partial charge on any atom is 0.330 e. The highest BCUT2D eigenvalue weighted by Crippen LogP contribution is 2.34. The number of aliphatic hydroxyl groups excluding tert-OH is 2. The Morgan fingerprint density at radius 3 is 2.61 bits per heavy atom. The van der Waals surface area contributed by atoms with Gasteiger partial charge >= 0.3 is 5.69 Å². The maximum absolute atomic E-state index is 11.5. The monoisotopic (exact) mass is 260 g/mol. The highest BCUT2D eigenvalue weighted by Gasteiger charge is 2.55. The fourth-order valence-corrected chi connectivity index (χ4v) is 1.77. The summed E-state index contributed by atoms with van der Waals surface area (Å²) in [6, 6.07) is 1.01. The predicted octanol–water partition coefficient (Wildman–Crippen LogP) is -3.53. The van der Waals surface area contributed by atoms with E-state index in [2.05, 4.69) is 0 Å². The summed E-state index contributed by atoms with van der Waals surface area (Å²) >= 11 is 0. The third-order valence-corrected chi connectivity index (χ3v) is 2.77. The van der Waals surface area contributed by atoms with Crippen LogP contribution in [0.15, 0.2) is 21.9 Å². The van der Waals surface area contributed by atoms with E-state index in [1.54, 1.807) is 0 Å². The molecule has 5 N–H and O–H groups in total. The minimum atomic E-state index is -2.69. The lowest BCUT2D eigenvalue weighted by atomic mass is 10.1. The molecule has 0 radical (unpaired) electrons. The van der Waals surface area contributed by atoms with E-state index in [4.69, 9.17) is 9.84 Å². The van der Waals surface area contributed by atoms with E-state index >= 15 is 0 Å². The Hall–Kier alpha value is -1.52. The van der Waals surface area contributed by atoms with Crippen LogP contribution in [0, 0.1) is 0 Å². The van der Waals surface area contributed by atoms with Crippen LogP contribution in [0.1, 0.15) is 6.23 Å². The van der Waals surface area contributed by atoms with Crippen LogP contribution in [-0.4, -0.2) is 54.6 Å². The van der Waals surface area contributed by atoms with Crippen molar-refractivity contribution >= 4 is 0 Å². The number of ether oxygens (including phenoxy) is 1. The van der Waals surface area contributed by atoms with Gasteiger partial charge in [0.05, 0.1) is 6.61 Å². The van der Waals surface area contributed by atoms with E-state index in [-0.39, 0.29) is 0 Å². The zero-order chi connectivity index (χ0) is 13.5. The number of aliphatic hydroxyl groups is 4. The highest BCUT2D eigenvalue weighted by atomic mass is 16.6. The Morgan fingerprint density at radius 2 is 2.11 bits per heavy atom. The van der Waals surface area contributed by atoms with Gasteiger partial charge in [-0.15, -0.1) is 0 Å². The SMILES string of the molecule is O=c1ccn([C@@H]2O[C@H](CO)C(O)(O)[C@H]2O)c(=O)[nH]1. The normalized spacial score (nSPS) is 30.6. The van der Waals surface area contributed by atoms with Gasteiger partial charge in [-0.25, -0.2) is 4.79 Å².